The van der Waals surface area contributed by atoms with E-state index in [0.717, 1.165) is 16.2 Å². The average Bonchev–Trinajstić information content (AvgIpc) is 3.46. The Labute approximate surface area is 240 Å². The standard InChI is InChI=1S/C27H23BrN2O9S/c1-4-37-26(35)24-12(2)29-27(40-24)30-20(14-9-15(28)22(32)18(11-14)36-3)19(23(33)25(30)34)21(31)13-5-6-16-17(10-13)39-8-7-38-16/h5-6,9-11,20,31-32H,4,7-8H2,1-3H3/t20-/m0/s1. The van der Waals surface area contributed by atoms with Gasteiger partial charge in [0.05, 0.1) is 35.5 Å². The minimum Gasteiger partial charge on any atom is -0.507 e. The van der Waals surface area contributed by atoms with Crippen LogP contribution in [-0.4, -0.2) is 59.8 Å². The van der Waals surface area contributed by atoms with Crippen molar-refractivity contribution in [1.29, 1.82) is 0 Å². The minimum atomic E-state index is -1.19. The summed E-state index contributed by atoms with van der Waals surface area (Å²) in [5.74, 6) is -2.25. The van der Waals surface area contributed by atoms with Crippen LogP contribution in [0, 0.1) is 6.92 Å². The summed E-state index contributed by atoms with van der Waals surface area (Å²) in [6, 6.07) is 6.43. The Balaban J connectivity index is 1.72. The highest BCUT2D eigenvalue weighted by Crippen LogP contribution is 2.47. The number of rotatable bonds is 6. The lowest BCUT2D eigenvalue weighted by Crippen LogP contribution is -2.29. The van der Waals surface area contributed by atoms with Crippen LogP contribution in [0.1, 0.15) is 39.5 Å². The van der Waals surface area contributed by atoms with Crippen molar-refractivity contribution in [2.24, 2.45) is 0 Å². The molecule has 2 N–H and O–H groups in total. The van der Waals surface area contributed by atoms with E-state index in [2.05, 4.69) is 20.9 Å². The van der Waals surface area contributed by atoms with Crippen molar-refractivity contribution in [1.82, 2.24) is 4.98 Å². The average molecular weight is 631 g/mol. The smallest absolute Gasteiger partial charge is 0.350 e. The number of carbonyl (C=O) groups is 3. The molecule has 1 saturated heterocycles. The van der Waals surface area contributed by atoms with Gasteiger partial charge in [0.25, 0.3) is 5.78 Å². The van der Waals surface area contributed by atoms with Crippen LogP contribution in [-0.2, 0) is 14.3 Å². The number of halogens is 1. The van der Waals surface area contributed by atoms with Gasteiger partial charge in [0.2, 0.25) is 0 Å². The number of ketones is 1. The number of thiazole rings is 1. The Morgan fingerprint density at radius 1 is 1.20 bits per heavy atom. The van der Waals surface area contributed by atoms with E-state index in [-0.39, 0.29) is 43.7 Å². The third-order valence-corrected chi connectivity index (χ3v) is 8.04. The normalized spacial score (nSPS) is 17.7. The van der Waals surface area contributed by atoms with Crippen molar-refractivity contribution < 1.29 is 43.5 Å². The van der Waals surface area contributed by atoms with Crippen molar-refractivity contribution in [2.45, 2.75) is 19.9 Å². The number of aliphatic hydroxyl groups is 1. The van der Waals surface area contributed by atoms with Crippen LogP contribution in [0.15, 0.2) is 40.4 Å². The molecule has 2 aromatic carbocycles. The lowest BCUT2D eigenvalue weighted by atomic mass is 9.95. The van der Waals surface area contributed by atoms with Crippen LogP contribution in [0.2, 0.25) is 0 Å². The molecular weight excluding hydrogens is 608 g/mol. The van der Waals surface area contributed by atoms with E-state index in [1.54, 1.807) is 26.0 Å². The minimum absolute atomic E-state index is 0.0528. The SMILES string of the molecule is CCOC(=O)c1sc(N2C(=O)C(=O)C(=C(O)c3ccc4c(c3)OCCO4)[C@@H]2c2cc(Br)c(O)c(OC)c2)nc1C. The van der Waals surface area contributed by atoms with E-state index in [1.165, 1.54) is 25.3 Å². The quantitative estimate of drug-likeness (QED) is 0.173. The first kappa shape index (κ1) is 27.5. The van der Waals surface area contributed by atoms with Crippen molar-refractivity contribution in [2.75, 3.05) is 31.8 Å². The number of anilines is 1. The third kappa shape index (κ3) is 4.64. The maximum Gasteiger partial charge on any atom is 0.350 e. The highest BCUT2D eigenvalue weighted by molar-refractivity contribution is 9.10. The number of hydrogen-bond acceptors (Lipinski definition) is 11. The zero-order chi connectivity index (χ0) is 28.7. The predicted octanol–water partition coefficient (Wildman–Crippen LogP) is 4.50. The number of amides is 1. The van der Waals surface area contributed by atoms with Gasteiger partial charge in [-0.05, 0) is 65.7 Å². The van der Waals surface area contributed by atoms with Crippen LogP contribution in [0.25, 0.3) is 5.76 Å². The number of nitrogens with zero attached hydrogens (tertiary/aromatic N) is 2. The van der Waals surface area contributed by atoms with Gasteiger partial charge < -0.3 is 29.2 Å². The molecule has 0 unspecified atom stereocenters. The number of esters is 1. The van der Waals surface area contributed by atoms with Gasteiger partial charge >= 0.3 is 11.9 Å². The molecule has 0 spiro atoms. The summed E-state index contributed by atoms with van der Waals surface area (Å²) < 4.78 is 21.8. The summed E-state index contributed by atoms with van der Waals surface area (Å²) in [6.45, 7) is 4.10. The number of aromatic nitrogens is 1. The highest BCUT2D eigenvalue weighted by Gasteiger charge is 2.49. The number of aryl methyl sites for hydroxylation is 1. The first-order chi connectivity index (χ1) is 19.2. The lowest BCUT2D eigenvalue weighted by molar-refractivity contribution is -0.132. The van der Waals surface area contributed by atoms with E-state index >= 15 is 0 Å². The maximum atomic E-state index is 13.5. The van der Waals surface area contributed by atoms with Crippen LogP contribution >= 0.6 is 27.3 Å². The Morgan fingerprint density at radius 3 is 2.62 bits per heavy atom. The van der Waals surface area contributed by atoms with Crippen LogP contribution < -0.4 is 19.1 Å². The molecule has 2 aliphatic rings. The molecule has 3 heterocycles. The van der Waals surface area contributed by atoms with Crippen molar-refractivity contribution in [3.8, 4) is 23.0 Å². The summed E-state index contributed by atoms with van der Waals surface area (Å²) in [6.07, 6.45) is 0. The van der Waals surface area contributed by atoms with E-state index in [0.29, 0.717) is 36.0 Å². The Hall–Kier alpha value is -4.10. The van der Waals surface area contributed by atoms with Gasteiger partial charge in [-0.15, -0.1) is 0 Å². The number of phenolic OH excluding ortho intramolecular Hbond substituents is 1. The largest absolute Gasteiger partial charge is 0.507 e. The molecule has 1 amide bonds. The van der Waals surface area contributed by atoms with Crippen molar-refractivity contribution in [3.05, 3.63) is 62.1 Å². The van der Waals surface area contributed by atoms with Crippen LogP contribution in [0.4, 0.5) is 5.13 Å². The highest BCUT2D eigenvalue weighted by atomic mass is 79.9. The van der Waals surface area contributed by atoms with Gasteiger partial charge in [0, 0.05) is 5.56 Å². The van der Waals surface area contributed by atoms with E-state index in [4.69, 9.17) is 18.9 Å². The Morgan fingerprint density at radius 2 is 1.93 bits per heavy atom. The molecule has 5 rings (SSSR count). The number of aliphatic hydroxyl groups excluding tert-OH is 1. The van der Waals surface area contributed by atoms with E-state index in [9.17, 15) is 24.6 Å². The first-order valence-electron chi connectivity index (χ1n) is 12.1. The molecule has 2 aliphatic heterocycles. The second-order valence-electron chi connectivity index (χ2n) is 8.71. The zero-order valence-electron chi connectivity index (χ0n) is 21.5. The molecule has 0 aliphatic carbocycles. The number of Topliss-reactive ketones (excluding diaryl/α,β-unsaturated/α-hetero) is 1. The van der Waals surface area contributed by atoms with Gasteiger partial charge in [0.15, 0.2) is 28.1 Å². The van der Waals surface area contributed by atoms with Crippen molar-refractivity contribution >= 4 is 55.8 Å². The Kier molecular flexibility index (Phi) is 7.43. The second kappa shape index (κ2) is 10.8. The second-order valence-corrected chi connectivity index (χ2v) is 10.5. The van der Waals surface area contributed by atoms with Crippen LogP contribution in [0.3, 0.4) is 0 Å². The number of benzene rings is 2. The topological polar surface area (TPSA) is 145 Å². The van der Waals surface area contributed by atoms with E-state index < -0.39 is 29.5 Å². The molecule has 1 aromatic heterocycles. The molecule has 208 valence electrons. The zero-order valence-corrected chi connectivity index (χ0v) is 23.9. The summed E-state index contributed by atoms with van der Waals surface area (Å²) in [7, 11) is 1.35. The Bertz CT molecular complexity index is 1580. The van der Waals surface area contributed by atoms with Gasteiger partial charge in [-0.1, -0.05) is 11.3 Å². The number of aromatic hydroxyl groups is 1. The molecule has 1 atom stereocenters. The maximum absolute atomic E-state index is 13.5. The predicted molar refractivity (Wildman–Crippen MR) is 147 cm³/mol. The fraction of sp³-hybridized carbons (Fsp3) is 0.259. The number of hydrogen-bond donors (Lipinski definition) is 2. The molecule has 0 radical (unpaired) electrons. The number of fused-ring (bicyclic) bond motifs is 1. The van der Waals surface area contributed by atoms with Crippen molar-refractivity contribution in [3.63, 3.8) is 0 Å². The lowest BCUT2D eigenvalue weighted by Gasteiger charge is -2.24. The molecule has 1 fully saturated rings. The summed E-state index contributed by atoms with van der Waals surface area (Å²) in [5.41, 5.74) is 0.632. The third-order valence-electron chi connectivity index (χ3n) is 6.30. The molecule has 40 heavy (non-hydrogen) atoms. The van der Waals surface area contributed by atoms with Gasteiger partial charge in [-0.2, -0.15) is 0 Å². The molecule has 13 heteroatoms. The fourth-order valence-electron chi connectivity index (χ4n) is 4.47. The number of phenols is 1. The summed E-state index contributed by atoms with van der Waals surface area (Å²) >= 11 is 4.17. The van der Waals surface area contributed by atoms with Crippen LogP contribution in [0.5, 0.6) is 23.0 Å². The van der Waals surface area contributed by atoms with Gasteiger partial charge in [-0.3, -0.25) is 14.5 Å². The molecular formula is C27H23BrN2O9S. The summed E-state index contributed by atoms with van der Waals surface area (Å²) in [4.78, 5) is 45.3. The first-order valence-corrected chi connectivity index (χ1v) is 13.7. The van der Waals surface area contributed by atoms with Gasteiger partial charge in [-0.25, -0.2) is 9.78 Å². The van der Waals surface area contributed by atoms with E-state index in [1.807, 2.05) is 0 Å². The number of carbonyl (C=O) groups excluding carboxylic acids is 3. The molecule has 3 aromatic rings. The number of methoxy groups -OCH3 is 1. The monoisotopic (exact) mass is 630 g/mol. The fourth-order valence-corrected chi connectivity index (χ4v) is 5.92. The summed E-state index contributed by atoms with van der Waals surface area (Å²) in [5, 5.41) is 21.9. The van der Waals surface area contributed by atoms with Gasteiger partial charge in [0.1, 0.15) is 23.9 Å². The molecule has 11 nitrogen and oxygen atoms in total. The molecule has 0 bridgehead atoms. The molecule has 0 saturated carbocycles. The number of ether oxygens (including phenoxy) is 4.